The molecule has 0 aromatic carbocycles. The van der Waals surface area contributed by atoms with E-state index in [9.17, 15) is 19.0 Å². The molecule has 0 bridgehead atoms. The first-order valence-corrected chi connectivity index (χ1v) is 36.8. The van der Waals surface area contributed by atoms with Gasteiger partial charge >= 0.3 is 19.8 Å². The maximum atomic E-state index is 12.8. The Labute approximate surface area is 535 Å². The molecule has 0 rings (SSSR count). The van der Waals surface area contributed by atoms with Crippen LogP contribution >= 0.6 is 7.82 Å². The summed E-state index contributed by atoms with van der Waals surface area (Å²) in [6.07, 6.45) is 102. The Hall–Kier alpha value is -4.11. The molecule has 9 nitrogen and oxygen atoms in total. The predicted octanol–water partition coefficient (Wildman–Crippen LogP) is 23.4. The summed E-state index contributed by atoms with van der Waals surface area (Å²) in [7, 11) is -4.40. The second kappa shape index (κ2) is 71.0. The van der Waals surface area contributed by atoms with Gasteiger partial charge in [0.05, 0.1) is 13.2 Å². The molecule has 0 amide bonds. The summed E-state index contributed by atoms with van der Waals surface area (Å²) in [5.41, 5.74) is 5.40. The molecular formula is C77H130NO8P. The number of nitrogens with two attached hydrogens (primary N) is 1. The van der Waals surface area contributed by atoms with Crippen LogP contribution in [0.2, 0.25) is 0 Å². The van der Waals surface area contributed by atoms with Gasteiger partial charge in [-0.05, 0) is 122 Å². The third-order valence-electron chi connectivity index (χ3n) is 14.7. The lowest BCUT2D eigenvalue weighted by Crippen LogP contribution is -2.29. The lowest BCUT2D eigenvalue weighted by molar-refractivity contribution is -0.161. The molecule has 0 aliphatic rings. The predicted molar refractivity (Wildman–Crippen MR) is 376 cm³/mol. The normalized spacial score (nSPS) is 13.8. The summed E-state index contributed by atoms with van der Waals surface area (Å²) in [5.74, 6) is -0.837. The number of ether oxygens (including phenoxy) is 2. The highest BCUT2D eigenvalue weighted by Gasteiger charge is 2.26. The van der Waals surface area contributed by atoms with Gasteiger partial charge in [-0.2, -0.15) is 0 Å². The molecule has 0 spiro atoms. The smallest absolute Gasteiger partial charge is 0.462 e. The van der Waals surface area contributed by atoms with Gasteiger partial charge in [-0.25, -0.2) is 4.57 Å². The SMILES string of the molecule is CC/C=C\C/C=C\C/C=C\C/C=C\C/C=C\C/C=C\C/C=C\C/C=C\C/C=C\CCCCCCCCCCCC(=O)OC(COC(=O)CCCCCCCCCCCCCCCC/C=C\C/C=C\C/C=C\CCCCCCC)COP(=O)(O)OCCN. The Morgan fingerprint density at radius 3 is 0.943 bits per heavy atom. The molecule has 2 unspecified atom stereocenters. The molecule has 0 fully saturated rings. The van der Waals surface area contributed by atoms with Crippen molar-refractivity contribution in [2.24, 2.45) is 5.73 Å². The highest BCUT2D eigenvalue weighted by molar-refractivity contribution is 7.47. The van der Waals surface area contributed by atoms with Gasteiger partial charge in [-0.15, -0.1) is 0 Å². The van der Waals surface area contributed by atoms with Crippen LogP contribution in [0.25, 0.3) is 0 Å². The zero-order valence-electron chi connectivity index (χ0n) is 55.7. The number of phosphoric ester groups is 1. The molecule has 87 heavy (non-hydrogen) atoms. The maximum Gasteiger partial charge on any atom is 0.472 e. The van der Waals surface area contributed by atoms with E-state index < -0.39 is 26.5 Å². The zero-order valence-corrected chi connectivity index (χ0v) is 56.6. The number of hydrogen-bond donors (Lipinski definition) is 2. The van der Waals surface area contributed by atoms with Crippen molar-refractivity contribution in [2.75, 3.05) is 26.4 Å². The van der Waals surface area contributed by atoms with E-state index in [2.05, 4.69) is 160 Å². The highest BCUT2D eigenvalue weighted by Crippen LogP contribution is 2.43. The first-order valence-electron chi connectivity index (χ1n) is 35.3. The summed E-state index contributed by atoms with van der Waals surface area (Å²) in [5, 5.41) is 0. The molecule has 2 atom stereocenters. The first-order chi connectivity index (χ1) is 42.8. The van der Waals surface area contributed by atoms with E-state index in [-0.39, 0.29) is 38.6 Å². The van der Waals surface area contributed by atoms with E-state index in [0.29, 0.717) is 6.42 Å². The molecule has 3 N–H and O–H groups in total. The number of carbonyl (C=O) groups excluding carboxylic acids is 2. The minimum Gasteiger partial charge on any atom is -0.462 e. The Bertz CT molecular complexity index is 1940. The lowest BCUT2D eigenvalue weighted by atomic mass is 10.0. The van der Waals surface area contributed by atoms with Crippen molar-refractivity contribution in [3.05, 3.63) is 146 Å². The molecule has 10 heteroatoms. The number of rotatable bonds is 65. The van der Waals surface area contributed by atoms with E-state index in [1.165, 1.54) is 148 Å². The van der Waals surface area contributed by atoms with Gasteiger partial charge < -0.3 is 20.1 Å². The van der Waals surface area contributed by atoms with Crippen LogP contribution < -0.4 is 5.73 Å². The molecule has 0 radical (unpaired) electrons. The number of allylic oxidation sites excluding steroid dienone is 24. The number of esters is 2. The molecule has 0 aliphatic carbocycles. The van der Waals surface area contributed by atoms with Crippen molar-refractivity contribution in [3.8, 4) is 0 Å². The Kier molecular flexibility index (Phi) is 67.6. The lowest BCUT2D eigenvalue weighted by Gasteiger charge is -2.19. The monoisotopic (exact) mass is 1230 g/mol. The molecular weight excluding hydrogens is 1100 g/mol. The molecule has 0 aliphatic heterocycles. The van der Waals surface area contributed by atoms with E-state index in [4.69, 9.17) is 24.3 Å². The largest absolute Gasteiger partial charge is 0.472 e. The molecule has 0 aromatic rings. The van der Waals surface area contributed by atoms with Gasteiger partial charge in [-0.3, -0.25) is 18.6 Å². The Morgan fingerprint density at radius 2 is 0.632 bits per heavy atom. The van der Waals surface area contributed by atoms with Crippen LogP contribution in [0.1, 0.15) is 296 Å². The highest BCUT2D eigenvalue weighted by atomic mass is 31.2. The van der Waals surface area contributed by atoms with Crippen LogP contribution in [-0.4, -0.2) is 49.3 Å². The van der Waals surface area contributed by atoms with Gasteiger partial charge in [0.2, 0.25) is 0 Å². The van der Waals surface area contributed by atoms with Gasteiger partial charge in [0.25, 0.3) is 0 Å². The van der Waals surface area contributed by atoms with Gasteiger partial charge in [0.15, 0.2) is 6.10 Å². The standard InChI is InChI=1S/C77H130NO8P/c1-3-5-7-9-11-13-15-17-19-21-23-25-27-29-31-33-34-35-36-37-38-39-40-42-44-46-48-50-52-54-56-58-60-62-64-66-68-70-77(80)86-75(74-85-87(81,82)84-72-71-78)73-83-76(79)69-67-65-63-61-59-57-55-53-51-49-47-45-43-41-32-30-28-26-24-22-20-18-16-14-12-10-8-6-4-2/h5,7,11,13,16-19,22-25,28-31,34-35,37-38,40,42,46,48,75H,3-4,6,8-10,12,14-15,20-21,26-27,32-33,36,39,41,43-45,47,49-74,78H2,1-2H3,(H,81,82)/b7-5-,13-11-,18-16-,19-17-,24-22-,25-23-,30-28-,31-29-,35-34-,38-37-,42-40-,48-46-. The second-order valence-corrected chi connectivity index (χ2v) is 24.5. The summed E-state index contributed by atoms with van der Waals surface area (Å²) < 4.78 is 33.2. The van der Waals surface area contributed by atoms with E-state index >= 15 is 0 Å². The topological polar surface area (TPSA) is 134 Å². The third kappa shape index (κ3) is 70.8. The minimum atomic E-state index is -4.40. The van der Waals surface area contributed by atoms with E-state index in [1.54, 1.807) is 0 Å². The van der Waals surface area contributed by atoms with E-state index in [1.807, 2.05) is 0 Å². The van der Waals surface area contributed by atoms with Crippen LogP contribution in [-0.2, 0) is 32.7 Å². The minimum absolute atomic E-state index is 0.0461. The molecule has 0 saturated heterocycles. The average Bonchev–Trinajstić information content (AvgIpc) is 3.65. The van der Waals surface area contributed by atoms with Crippen molar-refractivity contribution in [3.63, 3.8) is 0 Å². The fraction of sp³-hybridized carbons (Fsp3) is 0.662. The average molecular weight is 1230 g/mol. The second-order valence-electron chi connectivity index (χ2n) is 23.0. The summed E-state index contributed by atoms with van der Waals surface area (Å²) in [6.45, 7) is 3.62. The molecule has 0 aromatic heterocycles. The fourth-order valence-electron chi connectivity index (χ4n) is 9.52. The number of carbonyl (C=O) groups is 2. The van der Waals surface area contributed by atoms with Crippen LogP contribution in [0.4, 0.5) is 0 Å². The first kappa shape index (κ1) is 82.9. The quantitative estimate of drug-likeness (QED) is 0.0264. The Morgan fingerprint density at radius 1 is 0.356 bits per heavy atom. The van der Waals surface area contributed by atoms with Crippen LogP contribution in [0.15, 0.2) is 146 Å². The molecule has 0 saturated carbocycles. The number of unbranched alkanes of at least 4 members (excludes halogenated alkanes) is 28. The summed E-state index contributed by atoms with van der Waals surface area (Å²) in [4.78, 5) is 35.4. The van der Waals surface area contributed by atoms with Crippen molar-refractivity contribution in [2.45, 2.75) is 302 Å². The van der Waals surface area contributed by atoms with Crippen LogP contribution in [0.5, 0.6) is 0 Å². The van der Waals surface area contributed by atoms with Gasteiger partial charge in [-0.1, -0.05) is 307 Å². The number of hydrogen-bond acceptors (Lipinski definition) is 8. The zero-order chi connectivity index (χ0) is 63.0. The van der Waals surface area contributed by atoms with Crippen molar-refractivity contribution in [1.82, 2.24) is 0 Å². The third-order valence-corrected chi connectivity index (χ3v) is 15.7. The molecule has 496 valence electrons. The van der Waals surface area contributed by atoms with Crippen molar-refractivity contribution < 1.29 is 37.6 Å². The van der Waals surface area contributed by atoms with Gasteiger partial charge in [0, 0.05) is 19.4 Å². The molecule has 0 heterocycles. The van der Waals surface area contributed by atoms with E-state index in [0.717, 1.165) is 116 Å². The fourth-order valence-corrected chi connectivity index (χ4v) is 10.3. The van der Waals surface area contributed by atoms with Crippen molar-refractivity contribution >= 4 is 19.8 Å². The van der Waals surface area contributed by atoms with Gasteiger partial charge in [0.1, 0.15) is 6.61 Å². The number of phosphoric acid groups is 1. The van der Waals surface area contributed by atoms with Crippen molar-refractivity contribution in [1.29, 1.82) is 0 Å². The summed E-state index contributed by atoms with van der Waals surface area (Å²) >= 11 is 0. The summed E-state index contributed by atoms with van der Waals surface area (Å²) in [6, 6.07) is 0. The maximum absolute atomic E-state index is 12.8. The van der Waals surface area contributed by atoms with Crippen LogP contribution in [0, 0.1) is 0 Å². The Balaban J connectivity index is 3.95. The van der Waals surface area contributed by atoms with Crippen LogP contribution in [0.3, 0.4) is 0 Å².